The van der Waals surface area contributed by atoms with Crippen molar-refractivity contribution in [2.45, 2.75) is 38.5 Å². The van der Waals surface area contributed by atoms with Crippen LogP contribution in [-0.2, 0) is 27.9 Å². The van der Waals surface area contributed by atoms with E-state index >= 15 is 0 Å². The van der Waals surface area contributed by atoms with Crippen LogP contribution in [-0.4, -0.2) is 63.0 Å². The van der Waals surface area contributed by atoms with Crippen molar-refractivity contribution in [1.29, 1.82) is 0 Å². The first-order chi connectivity index (χ1) is 12.8. The number of carbonyl (C=O) groups is 2. The van der Waals surface area contributed by atoms with E-state index in [-0.39, 0.29) is 17.9 Å². The molecule has 27 heavy (non-hydrogen) atoms. The molecule has 0 radical (unpaired) electrons. The standard InChI is InChI=1S/C20H28N4O3/c1-13(2)6-9-24-12-20-7-5-14(27-20)16(17(20)19(24)26)18(25)23(4)11-15-21-8-10-22(15)3/h5,7-8,10,13-14,16-17H,6,9,11-12H2,1-4H3/t14-,16+,17-,20-/m0/s1. The first-order valence-electron chi connectivity index (χ1n) is 9.69. The highest BCUT2D eigenvalue weighted by Crippen LogP contribution is 2.52. The van der Waals surface area contributed by atoms with Gasteiger partial charge in [-0.05, 0) is 12.3 Å². The lowest BCUT2D eigenvalue weighted by molar-refractivity contribution is -0.142. The van der Waals surface area contributed by atoms with Gasteiger partial charge in [0, 0.05) is 33.0 Å². The zero-order valence-corrected chi connectivity index (χ0v) is 16.5. The molecule has 7 heteroatoms. The van der Waals surface area contributed by atoms with Gasteiger partial charge in [0.25, 0.3) is 0 Å². The number of rotatable bonds is 6. The van der Waals surface area contributed by atoms with Crippen molar-refractivity contribution in [2.75, 3.05) is 20.1 Å². The van der Waals surface area contributed by atoms with Gasteiger partial charge in [-0.25, -0.2) is 4.98 Å². The van der Waals surface area contributed by atoms with Crippen LogP contribution >= 0.6 is 0 Å². The lowest BCUT2D eigenvalue weighted by Crippen LogP contribution is -2.44. The Morgan fingerprint density at radius 1 is 1.48 bits per heavy atom. The third-order valence-corrected chi connectivity index (χ3v) is 6.12. The molecular formula is C20H28N4O3. The highest BCUT2D eigenvalue weighted by molar-refractivity contribution is 5.92. The van der Waals surface area contributed by atoms with Crippen molar-refractivity contribution in [3.8, 4) is 0 Å². The molecule has 4 atom stereocenters. The van der Waals surface area contributed by atoms with Gasteiger partial charge in [0.05, 0.1) is 31.0 Å². The molecule has 7 nitrogen and oxygen atoms in total. The maximum atomic E-state index is 13.2. The normalized spacial score (nSPS) is 31.2. The Morgan fingerprint density at radius 2 is 2.26 bits per heavy atom. The predicted octanol–water partition coefficient (Wildman–Crippen LogP) is 1.21. The van der Waals surface area contributed by atoms with Crippen molar-refractivity contribution in [3.05, 3.63) is 30.4 Å². The molecule has 1 aromatic heterocycles. The van der Waals surface area contributed by atoms with Crippen molar-refractivity contribution < 1.29 is 14.3 Å². The number of hydrogen-bond acceptors (Lipinski definition) is 4. The summed E-state index contributed by atoms with van der Waals surface area (Å²) < 4.78 is 8.09. The van der Waals surface area contributed by atoms with E-state index in [0.717, 1.165) is 18.8 Å². The smallest absolute Gasteiger partial charge is 0.230 e. The van der Waals surface area contributed by atoms with E-state index in [0.29, 0.717) is 19.0 Å². The lowest BCUT2D eigenvalue weighted by Gasteiger charge is -2.27. The maximum absolute atomic E-state index is 13.2. The summed E-state index contributed by atoms with van der Waals surface area (Å²) in [4.78, 5) is 34.2. The minimum absolute atomic E-state index is 0.0433. The van der Waals surface area contributed by atoms with E-state index in [1.807, 2.05) is 34.9 Å². The van der Waals surface area contributed by atoms with Crippen LogP contribution in [0.5, 0.6) is 0 Å². The molecule has 4 rings (SSSR count). The Balaban J connectivity index is 1.52. The first kappa shape index (κ1) is 18.2. The number of likely N-dealkylation sites (tertiary alicyclic amines) is 1. The molecule has 0 saturated carbocycles. The van der Waals surface area contributed by atoms with E-state index in [9.17, 15) is 9.59 Å². The van der Waals surface area contributed by atoms with Gasteiger partial charge in [-0.2, -0.15) is 0 Å². The minimum atomic E-state index is -0.622. The van der Waals surface area contributed by atoms with Gasteiger partial charge in [-0.15, -0.1) is 0 Å². The quantitative estimate of drug-likeness (QED) is 0.704. The molecule has 2 bridgehead atoms. The highest BCUT2D eigenvalue weighted by atomic mass is 16.5. The third kappa shape index (κ3) is 2.88. The van der Waals surface area contributed by atoms with Crippen molar-refractivity contribution in [2.24, 2.45) is 24.8 Å². The molecule has 2 amide bonds. The number of fused-ring (bicyclic) bond motifs is 1. The fraction of sp³-hybridized carbons (Fsp3) is 0.650. The topological polar surface area (TPSA) is 67.7 Å². The molecule has 4 heterocycles. The molecule has 0 aliphatic carbocycles. The Hall–Kier alpha value is -2.15. The molecule has 0 aromatic carbocycles. The van der Waals surface area contributed by atoms with Gasteiger partial charge in [-0.1, -0.05) is 26.0 Å². The predicted molar refractivity (Wildman–Crippen MR) is 99.4 cm³/mol. The number of aromatic nitrogens is 2. The van der Waals surface area contributed by atoms with Gasteiger partial charge < -0.3 is 19.1 Å². The van der Waals surface area contributed by atoms with Crippen LogP contribution in [0.1, 0.15) is 26.1 Å². The average Bonchev–Trinajstić information content (AvgIpc) is 3.35. The van der Waals surface area contributed by atoms with Gasteiger partial charge in [0.1, 0.15) is 11.4 Å². The molecule has 146 valence electrons. The number of hydrogen-bond donors (Lipinski definition) is 0. The number of ether oxygens (including phenoxy) is 1. The second kappa shape index (κ2) is 6.48. The summed E-state index contributed by atoms with van der Waals surface area (Å²) in [5.41, 5.74) is -0.622. The average molecular weight is 372 g/mol. The molecule has 1 spiro atoms. The second-order valence-corrected chi connectivity index (χ2v) is 8.49. The Bertz CT molecular complexity index is 786. The molecule has 0 N–H and O–H groups in total. The van der Waals surface area contributed by atoms with Crippen LogP contribution in [0.3, 0.4) is 0 Å². The first-order valence-corrected chi connectivity index (χ1v) is 9.69. The highest BCUT2D eigenvalue weighted by Gasteiger charge is 2.66. The number of imidazole rings is 1. The zero-order valence-electron chi connectivity index (χ0n) is 16.5. The summed E-state index contributed by atoms with van der Waals surface area (Å²) in [5.74, 6) is 0.513. The van der Waals surface area contributed by atoms with E-state index in [2.05, 4.69) is 18.8 Å². The summed E-state index contributed by atoms with van der Waals surface area (Å²) in [6.07, 6.45) is 8.21. The minimum Gasteiger partial charge on any atom is -0.360 e. The summed E-state index contributed by atoms with van der Waals surface area (Å²) >= 11 is 0. The molecular weight excluding hydrogens is 344 g/mol. The number of aryl methyl sites for hydroxylation is 1. The number of amides is 2. The van der Waals surface area contributed by atoms with Crippen LogP contribution in [0.4, 0.5) is 0 Å². The van der Waals surface area contributed by atoms with Crippen molar-refractivity contribution in [1.82, 2.24) is 19.4 Å². The fourth-order valence-electron chi connectivity index (χ4n) is 4.56. The Morgan fingerprint density at radius 3 is 2.93 bits per heavy atom. The van der Waals surface area contributed by atoms with Gasteiger partial charge >= 0.3 is 0 Å². The molecule has 2 fully saturated rings. The SMILES string of the molecule is CC(C)CCN1C[C@]23C=C[C@H](O2)[C@@H](C(=O)N(C)Cc2nccn2C)[C@H]3C1=O. The van der Waals surface area contributed by atoms with E-state index in [1.165, 1.54) is 0 Å². The summed E-state index contributed by atoms with van der Waals surface area (Å²) in [7, 11) is 3.68. The fourth-order valence-corrected chi connectivity index (χ4v) is 4.56. The van der Waals surface area contributed by atoms with Gasteiger partial charge in [-0.3, -0.25) is 9.59 Å². The van der Waals surface area contributed by atoms with Crippen molar-refractivity contribution >= 4 is 11.8 Å². The molecule has 1 aromatic rings. The second-order valence-electron chi connectivity index (χ2n) is 8.49. The summed E-state index contributed by atoms with van der Waals surface area (Å²) in [6.45, 7) is 6.01. The van der Waals surface area contributed by atoms with Crippen LogP contribution in [0, 0.1) is 17.8 Å². The molecule has 0 unspecified atom stereocenters. The summed E-state index contributed by atoms with van der Waals surface area (Å²) in [5, 5.41) is 0. The van der Waals surface area contributed by atoms with E-state index in [4.69, 9.17) is 4.74 Å². The van der Waals surface area contributed by atoms with E-state index < -0.39 is 17.4 Å². The van der Waals surface area contributed by atoms with Gasteiger partial charge in [0.15, 0.2) is 0 Å². The molecule has 3 aliphatic rings. The Kier molecular flexibility index (Phi) is 4.37. The van der Waals surface area contributed by atoms with Crippen molar-refractivity contribution in [3.63, 3.8) is 0 Å². The third-order valence-electron chi connectivity index (χ3n) is 6.12. The Labute approximate surface area is 160 Å². The largest absolute Gasteiger partial charge is 0.360 e. The lowest BCUT2D eigenvalue weighted by atomic mass is 9.76. The van der Waals surface area contributed by atoms with Crippen LogP contribution < -0.4 is 0 Å². The molecule has 2 saturated heterocycles. The molecule has 3 aliphatic heterocycles. The monoisotopic (exact) mass is 372 g/mol. The number of carbonyl (C=O) groups excluding carboxylic acids is 2. The van der Waals surface area contributed by atoms with E-state index in [1.54, 1.807) is 18.1 Å². The zero-order chi connectivity index (χ0) is 19.3. The maximum Gasteiger partial charge on any atom is 0.230 e. The summed E-state index contributed by atoms with van der Waals surface area (Å²) in [6, 6.07) is 0. The van der Waals surface area contributed by atoms with Crippen LogP contribution in [0.15, 0.2) is 24.5 Å². The van der Waals surface area contributed by atoms with Crippen LogP contribution in [0.25, 0.3) is 0 Å². The van der Waals surface area contributed by atoms with Gasteiger partial charge in [0.2, 0.25) is 11.8 Å². The van der Waals surface area contributed by atoms with Crippen LogP contribution in [0.2, 0.25) is 0 Å². The number of nitrogens with zero attached hydrogens (tertiary/aromatic N) is 4.